The summed E-state index contributed by atoms with van der Waals surface area (Å²) in [6, 6.07) is 0. The van der Waals surface area contributed by atoms with Crippen molar-refractivity contribution >= 4 is 35.3 Å². The first-order valence-corrected chi connectivity index (χ1v) is 6.64. The Hall–Kier alpha value is 0.596. The number of hydrogen-bond acceptors (Lipinski definition) is 1. The number of halogens is 1. The minimum absolute atomic E-state index is 0.528. The van der Waals surface area contributed by atoms with Gasteiger partial charge in [0.25, 0.3) is 0 Å². The van der Waals surface area contributed by atoms with Crippen LogP contribution in [0.25, 0.3) is 0 Å². The first-order chi connectivity index (χ1) is 2.91. The van der Waals surface area contributed by atoms with Gasteiger partial charge in [0.05, 0.1) is 0 Å². The summed E-state index contributed by atoms with van der Waals surface area (Å²) in [5.41, 5.74) is 0. The van der Waals surface area contributed by atoms with Gasteiger partial charge in [0, 0.05) is 0 Å². The molecule has 0 aliphatic rings. The third-order valence-corrected chi connectivity index (χ3v) is 3.76. The van der Waals surface area contributed by atoms with Crippen LogP contribution in [-0.2, 0) is 4.79 Å². The topological polar surface area (TPSA) is 17.1 Å². The van der Waals surface area contributed by atoms with Crippen molar-refractivity contribution in [2.75, 3.05) is 4.43 Å². The molecule has 0 aromatic heterocycles. The SMILES string of the molecule is O=C[CH2][GaH][CH2]Cl. The van der Waals surface area contributed by atoms with E-state index in [1.807, 2.05) is 0 Å². The summed E-state index contributed by atoms with van der Waals surface area (Å²) in [4.78, 5) is 10.3. The quantitative estimate of drug-likeness (QED) is 0.252. The normalized spacial score (nSPS) is 7.50. The molecule has 0 fully saturated rings. The predicted octanol–water partition coefficient (Wildman–Crippen LogP) is 0.236. The van der Waals surface area contributed by atoms with Gasteiger partial charge >= 0.3 is 49.5 Å². The Labute approximate surface area is 49.8 Å². The molecule has 0 saturated heterocycles. The Morgan fingerprint density at radius 3 is 2.67 bits per heavy atom. The Morgan fingerprint density at radius 2 is 2.50 bits per heavy atom. The summed E-state index contributed by atoms with van der Waals surface area (Å²) >= 11 is 4.78. The Balaban J connectivity index is 2.49. The third kappa shape index (κ3) is 4.60. The zero-order valence-corrected chi connectivity index (χ0v) is 7.21. The Bertz CT molecular complexity index is 39.8. The second-order valence-corrected chi connectivity index (χ2v) is 6.45. The van der Waals surface area contributed by atoms with E-state index < -0.39 is 17.4 Å². The fourth-order valence-corrected chi connectivity index (χ4v) is 1.64. The van der Waals surface area contributed by atoms with Gasteiger partial charge in [-0.25, -0.2) is 0 Å². The molecule has 0 aromatic rings. The van der Waals surface area contributed by atoms with E-state index in [0.717, 1.165) is 15.7 Å². The third-order valence-electron chi connectivity index (χ3n) is 0.456. The molecule has 0 heterocycles. The van der Waals surface area contributed by atoms with Gasteiger partial charge in [0.1, 0.15) is 0 Å². The van der Waals surface area contributed by atoms with Crippen molar-refractivity contribution in [3.05, 3.63) is 0 Å². The summed E-state index contributed by atoms with van der Waals surface area (Å²) in [6.07, 6.45) is 0.961. The first-order valence-electron chi connectivity index (χ1n) is 1.91. The van der Waals surface area contributed by atoms with Crippen LogP contribution in [0.1, 0.15) is 0 Å². The van der Waals surface area contributed by atoms with Gasteiger partial charge in [-0.1, -0.05) is 0 Å². The molecule has 6 heavy (non-hydrogen) atoms. The van der Waals surface area contributed by atoms with E-state index >= 15 is 0 Å². The van der Waals surface area contributed by atoms with Crippen molar-refractivity contribution in [2.45, 2.75) is 4.98 Å². The molecular formula is C3H6ClGaO. The molecule has 0 spiro atoms. The molecule has 0 aromatic carbocycles. The van der Waals surface area contributed by atoms with E-state index in [4.69, 9.17) is 11.6 Å². The van der Waals surface area contributed by atoms with Gasteiger partial charge < -0.3 is 0 Å². The van der Waals surface area contributed by atoms with Crippen molar-refractivity contribution in [3.8, 4) is 0 Å². The molecule has 0 saturated carbocycles. The van der Waals surface area contributed by atoms with E-state index in [-0.39, 0.29) is 0 Å². The van der Waals surface area contributed by atoms with Gasteiger partial charge in [-0.2, -0.15) is 0 Å². The second-order valence-electron chi connectivity index (χ2n) is 0.998. The molecule has 0 bridgehead atoms. The summed E-state index contributed by atoms with van der Waals surface area (Å²) in [5.74, 6) is 0. The van der Waals surface area contributed by atoms with Crippen molar-refractivity contribution in [1.82, 2.24) is 0 Å². The van der Waals surface area contributed by atoms with E-state index in [1.54, 1.807) is 0 Å². The predicted molar refractivity (Wildman–Crippen MR) is 28.7 cm³/mol. The average molecular weight is 163 g/mol. The van der Waals surface area contributed by atoms with E-state index in [0.29, 0.717) is 0 Å². The maximum absolute atomic E-state index is 9.55. The van der Waals surface area contributed by atoms with Crippen LogP contribution in [0.15, 0.2) is 0 Å². The number of carbonyl (C=O) groups excluding carboxylic acids is 1. The van der Waals surface area contributed by atoms with Gasteiger partial charge in [0.15, 0.2) is 0 Å². The molecule has 0 aliphatic carbocycles. The van der Waals surface area contributed by atoms with Gasteiger partial charge in [0.2, 0.25) is 0 Å². The van der Waals surface area contributed by atoms with Crippen LogP contribution in [0.4, 0.5) is 0 Å². The first kappa shape index (κ1) is 6.60. The zero-order valence-electron chi connectivity index (χ0n) is 3.48. The molecule has 0 unspecified atom stereocenters. The molecular weight excluding hydrogens is 157 g/mol. The molecule has 0 amide bonds. The van der Waals surface area contributed by atoms with Gasteiger partial charge in [-0.15, -0.1) is 0 Å². The summed E-state index contributed by atoms with van der Waals surface area (Å²) in [5, 5.41) is 0. The summed E-state index contributed by atoms with van der Waals surface area (Å²) in [7, 11) is 0. The number of alkyl halides is 1. The standard InChI is InChI=1S/C2H3O.CH2Cl.Ga.H/c1-2-3;1-2;;/h2H,1H2;1H2;;. The molecule has 0 N–H and O–H groups in total. The molecule has 1 nitrogen and oxygen atoms in total. The van der Waals surface area contributed by atoms with Crippen molar-refractivity contribution in [3.63, 3.8) is 0 Å². The Morgan fingerprint density at radius 1 is 1.83 bits per heavy atom. The fourth-order valence-electron chi connectivity index (χ4n) is 0.160. The summed E-state index contributed by atoms with van der Waals surface area (Å²) < 4.78 is 0.783. The summed E-state index contributed by atoms with van der Waals surface area (Å²) in [6.45, 7) is 0. The Kier molecular flexibility index (Phi) is 6.15. The molecule has 34 valence electrons. The molecule has 3 heteroatoms. The number of aldehydes is 1. The van der Waals surface area contributed by atoms with E-state index in [2.05, 4.69) is 0 Å². The second kappa shape index (κ2) is 5.60. The fraction of sp³-hybridized carbons (Fsp3) is 0.667. The van der Waals surface area contributed by atoms with E-state index in [9.17, 15) is 4.79 Å². The monoisotopic (exact) mass is 162 g/mol. The van der Waals surface area contributed by atoms with Crippen LogP contribution in [0.2, 0.25) is 4.98 Å². The van der Waals surface area contributed by atoms with Crippen LogP contribution in [0.5, 0.6) is 0 Å². The van der Waals surface area contributed by atoms with Crippen LogP contribution >= 0.6 is 11.6 Å². The van der Waals surface area contributed by atoms with Crippen molar-refractivity contribution in [1.29, 1.82) is 0 Å². The minimum atomic E-state index is -0.528. The zero-order chi connectivity index (χ0) is 4.83. The van der Waals surface area contributed by atoms with E-state index in [1.165, 1.54) is 0 Å². The molecule has 0 radical (unpaired) electrons. The van der Waals surface area contributed by atoms with Crippen LogP contribution in [0, 0.1) is 0 Å². The maximum atomic E-state index is 9.55. The van der Waals surface area contributed by atoms with Crippen molar-refractivity contribution in [2.24, 2.45) is 0 Å². The average Bonchev–Trinajstić information content (AvgIpc) is 1.61. The number of hydrogen-bond donors (Lipinski definition) is 0. The van der Waals surface area contributed by atoms with Crippen molar-refractivity contribution < 1.29 is 4.79 Å². The van der Waals surface area contributed by atoms with Crippen LogP contribution in [0.3, 0.4) is 0 Å². The molecule has 0 aliphatic heterocycles. The van der Waals surface area contributed by atoms with Gasteiger partial charge in [-0.05, 0) is 0 Å². The molecule has 0 rings (SSSR count). The molecule has 0 atom stereocenters. The van der Waals surface area contributed by atoms with Gasteiger partial charge in [-0.3, -0.25) is 0 Å². The number of carbonyl (C=O) groups is 1. The van der Waals surface area contributed by atoms with Crippen LogP contribution in [-0.4, -0.2) is 28.1 Å². The van der Waals surface area contributed by atoms with Crippen LogP contribution < -0.4 is 0 Å². The number of rotatable bonds is 3.